The molecule has 1 amide bonds. The van der Waals surface area contributed by atoms with E-state index in [4.69, 9.17) is 16.3 Å². The molecule has 0 radical (unpaired) electrons. The molecule has 1 aliphatic rings. The van der Waals surface area contributed by atoms with Crippen LogP contribution in [0, 0.1) is 5.92 Å². The van der Waals surface area contributed by atoms with Gasteiger partial charge in [0.25, 0.3) is 5.91 Å². The summed E-state index contributed by atoms with van der Waals surface area (Å²) in [6, 6.07) is 3.20. The van der Waals surface area contributed by atoms with Crippen molar-refractivity contribution in [2.75, 3.05) is 6.61 Å². The van der Waals surface area contributed by atoms with E-state index in [2.05, 4.69) is 20.7 Å². The van der Waals surface area contributed by atoms with Gasteiger partial charge in [-0.3, -0.25) is 9.59 Å². The summed E-state index contributed by atoms with van der Waals surface area (Å²) >= 11 is 6.21. The number of amides is 1. The lowest BCUT2D eigenvalue weighted by molar-refractivity contribution is -0.292. The Morgan fingerprint density at radius 1 is 1.09 bits per heavy atom. The van der Waals surface area contributed by atoms with Crippen LogP contribution in [0.2, 0.25) is 5.02 Å². The highest BCUT2D eigenvalue weighted by Gasteiger charge is 2.64. The van der Waals surface area contributed by atoms with Crippen LogP contribution in [0.3, 0.4) is 0 Å². The lowest BCUT2D eigenvalue weighted by Gasteiger charge is -2.27. The van der Waals surface area contributed by atoms with Crippen molar-refractivity contribution < 1.29 is 49.4 Å². The first-order valence-corrected chi connectivity index (χ1v) is 12.8. The Bertz CT molecular complexity index is 1560. The highest BCUT2D eigenvalue weighted by Crippen LogP contribution is 2.49. The van der Waals surface area contributed by atoms with Crippen LogP contribution in [-0.4, -0.2) is 55.5 Å². The second-order valence-electron chi connectivity index (χ2n) is 9.37. The Hall–Kier alpha value is -4.02. The Morgan fingerprint density at radius 3 is 2.40 bits per heavy atom. The molecule has 18 heteroatoms. The molecule has 4 rings (SSSR count). The number of nitrogens with zero attached hydrogens (tertiary/aromatic N) is 5. The van der Waals surface area contributed by atoms with Crippen molar-refractivity contribution in [2.45, 2.75) is 44.1 Å². The first-order chi connectivity index (χ1) is 20.0. The van der Waals surface area contributed by atoms with E-state index in [-0.39, 0.29) is 33.1 Å². The molecular weight excluding hydrogens is 620 g/mol. The average Bonchev–Trinajstić information content (AvgIpc) is 3.53. The predicted octanol–water partition coefficient (Wildman–Crippen LogP) is 5.62. The first-order valence-electron chi connectivity index (χ1n) is 12.4. The van der Waals surface area contributed by atoms with Crippen molar-refractivity contribution in [2.24, 2.45) is 13.0 Å². The molecule has 0 bridgehead atoms. The molecule has 1 aromatic carbocycles. The van der Waals surface area contributed by atoms with E-state index in [1.165, 1.54) is 18.2 Å². The van der Waals surface area contributed by atoms with Gasteiger partial charge in [0.2, 0.25) is 0 Å². The molecule has 2 heterocycles. The number of aryl methyl sites for hydroxylation is 1. The number of hydrogen-bond acceptors (Lipinski definition) is 6. The van der Waals surface area contributed by atoms with E-state index in [0.717, 1.165) is 13.2 Å². The summed E-state index contributed by atoms with van der Waals surface area (Å²) in [5.41, 5.74) is -5.11. The third-order valence-corrected chi connectivity index (χ3v) is 6.84. The van der Waals surface area contributed by atoms with Gasteiger partial charge in [0.05, 0.1) is 29.3 Å². The monoisotopic (exact) mass is 640 g/mol. The quantitative estimate of drug-likeness (QED) is 0.204. The van der Waals surface area contributed by atoms with Gasteiger partial charge in [0, 0.05) is 18.7 Å². The number of carbonyl (C=O) groups is 2. The number of esters is 1. The zero-order chi connectivity index (χ0) is 31.9. The Kier molecular flexibility index (Phi) is 8.59. The molecule has 0 saturated carbocycles. The van der Waals surface area contributed by atoms with Crippen molar-refractivity contribution in [3.05, 3.63) is 58.4 Å². The molecule has 0 spiro atoms. The van der Waals surface area contributed by atoms with Crippen LogP contribution in [0.15, 0.2) is 36.5 Å². The van der Waals surface area contributed by atoms with E-state index in [1.54, 1.807) is 19.1 Å². The number of benzene rings is 1. The highest BCUT2D eigenvalue weighted by molar-refractivity contribution is 6.34. The van der Waals surface area contributed by atoms with E-state index >= 15 is 0 Å². The van der Waals surface area contributed by atoms with Crippen LogP contribution in [0.25, 0.3) is 17.1 Å². The maximum atomic E-state index is 14.0. The van der Waals surface area contributed by atoms with Gasteiger partial charge in [-0.2, -0.15) is 40.2 Å². The summed E-state index contributed by atoms with van der Waals surface area (Å²) in [5.74, 6) is -9.05. The Balaban J connectivity index is 1.69. The van der Waals surface area contributed by atoms with Gasteiger partial charge in [-0.1, -0.05) is 35.0 Å². The second-order valence-corrected chi connectivity index (χ2v) is 9.77. The minimum Gasteiger partial charge on any atom is -0.466 e. The summed E-state index contributed by atoms with van der Waals surface area (Å²) in [5, 5.41) is 12.7. The molecule has 3 aromatic rings. The van der Waals surface area contributed by atoms with Gasteiger partial charge < -0.3 is 10.1 Å². The fourth-order valence-electron chi connectivity index (χ4n) is 4.48. The largest absolute Gasteiger partial charge is 0.466 e. The number of hydrogen-bond donors (Lipinski definition) is 1. The normalized spacial score (nSPS) is 17.7. The van der Waals surface area contributed by atoms with Gasteiger partial charge in [-0.25, -0.2) is 9.36 Å². The maximum Gasteiger partial charge on any atom is 0.459 e. The number of allylic oxidation sites excluding steroid dienone is 1. The standard InChI is InChI=1S/C25H21ClF8N6O3/c1-3-43-22(42)13-6-4-5-7-16(13)35-20(41)14-10-12(8-9-15(14)26)17-11-40(38-36-17)21-18(24(29,30)31)19(37-39(21)2)23(27,28)25(32,33)34/h4-5,8-11,13,16H,3,6-7H2,1-2H3,(H,35,41). The smallest absolute Gasteiger partial charge is 0.459 e. The van der Waals surface area contributed by atoms with E-state index < -0.39 is 59.2 Å². The van der Waals surface area contributed by atoms with E-state index in [0.29, 0.717) is 17.5 Å². The molecule has 232 valence electrons. The SMILES string of the molecule is CCOC(=O)C1CC=CCC1NC(=O)c1cc(-c2cn(-c3c(C(F)(F)F)c(C(F)(F)C(F)(F)F)nn3C)nn2)ccc1Cl. The molecule has 0 saturated heterocycles. The van der Waals surface area contributed by atoms with Crippen LogP contribution < -0.4 is 5.32 Å². The lowest BCUT2D eigenvalue weighted by Crippen LogP contribution is -2.44. The van der Waals surface area contributed by atoms with Crippen molar-refractivity contribution >= 4 is 23.5 Å². The number of nitrogens with one attached hydrogen (secondary N) is 1. The van der Waals surface area contributed by atoms with Crippen LogP contribution >= 0.6 is 11.6 Å². The highest BCUT2D eigenvalue weighted by atomic mass is 35.5. The van der Waals surface area contributed by atoms with Crippen LogP contribution in [0.1, 0.15) is 41.4 Å². The number of halogens is 9. The van der Waals surface area contributed by atoms with Crippen LogP contribution in [0.4, 0.5) is 35.1 Å². The Morgan fingerprint density at radius 2 is 1.77 bits per heavy atom. The molecule has 43 heavy (non-hydrogen) atoms. The third-order valence-electron chi connectivity index (χ3n) is 6.51. The van der Waals surface area contributed by atoms with Crippen LogP contribution in [0.5, 0.6) is 0 Å². The van der Waals surface area contributed by atoms with Crippen LogP contribution in [-0.2, 0) is 28.7 Å². The van der Waals surface area contributed by atoms with Gasteiger partial charge in [0.1, 0.15) is 11.3 Å². The molecule has 9 nitrogen and oxygen atoms in total. The van der Waals surface area contributed by atoms with Gasteiger partial charge >= 0.3 is 24.2 Å². The summed E-state index contributed by atoms with van der Waals surface area (Å²) in [6.07, 6.45) is -7.03. The lowest BCUT2D eigenvalue weighted by atomic mass is 9.88. The molecule has 1 N–H and O–H groups in total. The van der Waals surface area contributed by atoms with E-state index in [1.807, 2.05) is 0 Å². The van der Waals surface area contributed by atoms with Crippen molar-refractivity contribution in [1.82, 2.24) is 30.1 Å². The molecule has 2 unspecified atom stereocenters. The number of carbonyl (C=O) groups excluding carboxylic acids is 2. The number of rotatable bonds is 7. The molecule has 0 aliphatic heterocycles. The molecule has 1 aliphatic carbocycles. The fraction of sp³-hybridized carbons (Fsp3) is 0.400. The van der Waals surface area contributed by atoms with E-state index in [9.17, 15) is 44.7 Å². The van der Waals surface area contributed by atoms with Gasteiger partial charge in [-0.05, 0) is 31.9 Å². The van der Waals surface area contributed by atoms with Crippen molar-refractivity contribution in [3.8, 4) is 17.1 Å². The molecule has 0 fully saturated rings. The second kappa shape index (κ2) is 11.6. The summed E-state index contributed by atoms with van der Waals surface area (Å²) in [6.45, 7) is 1.78. The predicted molar refractivity (Wildman–Crippen MR) is 133 cm³/mol. The summed E-state index contributed by atoms with van der Waals surface area (Å²) in [7, 11) is 0.733. The fourth-order valence-corrected chi connectivity index (χ4v) is 4.68. The average molecular weight is 641 g/mol. The Labute approximate surface area is 242 Å². The topological polar surface area (TPSA) is 104 Å². The summed E-state index contributed by atoms with van der Waals surface area (Å²) in [4.78, 5) is 25.5. The molecule has 2 atom stereocenters. The molecular formula is C25H21ClF8N6O3. The number of ether oxygens (including phenoxy) is 1. The van der Waals surface area contributed by atoms with Crippen molar-refractivity contribution in [1.29, 1.82) is 0 Å². The van der Waals surface area contributed by atoms with Crippen molar-refractivity contribution in [3.63, 3.8) is 0 Å². The van der Waals surface area contributed by atoms with Gasteiger partial charge in [0.15, 0.2) is 11.5 Å². The zero-order valence-electron chi connectivity index (χ0n) is 22.1. The molecule has 2 aromatic heterocycles. The zero-order valence-corrected chi connectivity index (χ0v) is 22.9. The third kappa shape index (κ3) is 6.21. The summed E-state index contributed by atoms with van der Waals surface area (Å²) < 4.78 is 114. The maximum absolute atomic E-state index is 14.0. The van der Waals surface area contributed by atoms with Gasteiger partial charge in [-0.15, -0.1) is 5.10 Å². The minimum absolute atomic E-state index is 0.0299. The number of aromatic nitrogens is 5. The number of alkyl halides is 8. The minimum atomic E-state index is -6.36. The first kappa shape index (κ1) is 31.9.